The van der Waals surface area contributed by atoms with Crippen LogP contribution in [0.25, 0.3) is 16.8 Å². The van der Waals surface area contributed by atoms with Gasteiger partial charge in [-0.25, -0.2) is 14.5 Å². The highest BCUT2D eigenvalue weighted by molar-refractivity contribution is 6.36. The Kier molecular flexibility index (Phi) is 8.50. The minimum absolute atomic E-state index is 0.222. The SMILES string of the molecule is Nc1nc(NCCNc2nc(-c3ccc(Cl)cc3Cl)cn3nc(CN4CCOCC4)cc23)ccc1C(=O)C(F)(F)F. The Labute approximate surface area is 242 Å². The van der Waals surface area contributed by atoms with Gasteiger partial charge in [-0.05, 0) is 36.4 Å². The number of Topliss-reactive ketones (excluding diaryl/α,β-unsaturated/α-hetero) is 1. The van der Waals surface area contributed by atoms with Crippen LogP contribution in [0.3, 0.4) is 0 Å². The average Bonchev–Trinajstić information content (AvgIpc) is 3.33. The van der Waals surface area contributed by atoms with Crippen LogP contribution in [0.4, 0.5) is 30.6 Å². The van der Waals surface area contributed by atoms with E-state index >= 15 is 0 Å². The lowest BCUT2D eigenvalue weighted by Gasteiger charge is -2.25. The maximum Gasteiger partial charge on any atom is 0.455 e. The van der Waals surface area contributed by atoms with Crippen molar-refractivity contribution < 1.29 is 22.7 Å². The van der Waals surface area contributed by atoms with Gasteiger partial charge in [-0.1, -0.05) is 23.2 Å². The number of carbonyl (C=O) groups is 1. The summed E-state index contributed by atoms with van der Waals surface area (Å²) in [5, 5.41) is 12.0. The van der Waals surface area contributed by atoms with Crippen LogP contribution < -0.4 is 16.4 Å². The first-order valence-corrected chi connectivity index (χ1v) is 13.3. The Hall–Kier alpha value is -3.65. The number of nitrogens with zero attached hydrogens (tertiary/aromatic N) is 5. The quantitative estimate of drug-likeness (QED) is 0.182. The number of benzene rings is 1. The number of morpholine rings is 1. The van der Waals surface area contributed by atoms with Gasteiger partial charge >= 0.3 is 6.18 Å². The maximum atomic E-state index is 12.7. The molecule has 0 radical (unpaired) electrons. The van der Waals surface area contributed by atoms with Gasteiger partial charge in [-0.2, -0.15) is 18.3 Å². The minimum atomic E-state index is -5.03. The van der Waals surface area contributed by atoms with E-state index in [0.717, 1.165) is 30.4 Å². The van der Waals surface area contributed by atoms with Crippen LogP contribution in [0.5, 0.6) is 0 Å². The summed E-state index contributed by atoms with van der Waals surface area (Å²) in [5.74, 6) is -1.77. The Bertz CT molecular complexity index is 1570. The number of ketones is 1. The molecule has 0 bridgehead atoms. The predicted octanol–water partition coefficient (Wildman–Crippen LogP) is 4.78. The Morgan fingerprint density at radius 3 is 2.51 bits per heavy atom. The minimum Gasteiger partial charge on any atom is -0.383 e. The molecule has 216 valence electrons. The van der Waals surface area contributed by atoms with Crippen molar-refractivity contribution in [3.05, 3.63) is 63.9 Å². The zero-order chi connectivity index (χ0) is 29.1. The number of rotatable bonds is 9. The van der Waals surface area contributed by atoms with Crippen molar-refractivity contribution in [3.8, 4) is 11.3 Å². The van der Waals surface area contributed by atoms with Crippen LogP contribution in [0.15, 0.2) is 42.6 Å². The number of nitrogen functional groups attached to an aromatic ring is 1. The second-order valence-electron chi connectivity index (χ2n) is 9.26. The lowest BCUT2D eigenvalue weighted by molar-refractivity contribution is -0.0884. The highest BCUT2D eigenvalue weighted by Gasteiger charge is 2.40. The van der Waals surface area contributed by atoms with Crippen molar-refractivity contribution in [2.24, 2.45) is 0 Å². The fourth-order valence-corrected chi connectivity index (χ4v) is 4.86. The molecule has 1 fully saturated rings. The molecule has 4 N–H and O–H groups in total. The van der Waals surface area contributed by atoms with Crippen molar-refractivity contribution in [1.82, 2.24) is 24.5 Å². The number of aromatic nitrogens is 4. The molecular weight excluding hydrogens is 584 g/mol. The highest BCUT2D eigenvalue weighted by Crippen LogP contribution is 2.31. The molecule has 3 aromatic heterocycles. The summed E-state index contributed by atoms with van der Waals surface area (Å²) in [4.78, 5) is 22.4. The standard InChI is InChI=1S/C26H25Cl2F3N8O2/c27-15-1-2-17(19(28)11-15)20-14-39-21(12-16(37-39)13-38-7-9-41-10-8-38)25(35-20)34-6-5-33-22-4-3-18(24(32)36-22)23(40)26(29,30)31/h1-4,11-12,14H,5-10,13H2,(H,34,35)(H3,32,33,36). The summed E-state index contributed by atoms with van der Waals surface area (Å²) in [6, 6.07) is 9.38. The largest absolute Gasteiger partial charge is 0.455 e. The average molecular weight is 609 g/mol. The van der Waals surface area contributed by atoms with Gasteiger partial charge in [0.25, 0.3) is 5.78 Å². The molecule has 5 rings (SSSR count). The van der Waals surface area contributed by atoms with Crippen LogP contribution in [0.2, 0.25) is 10.0 Å². The summed E-state index contributed by atoms with van der Waals surface area (Å²) in [6.07, 6.45) is -3.24. The molecule has 1 aromatic carbocycles. The predicted molar refractivity (Wildman–Crippen MR) is 151 cm³/mol. The molecule has 10 nitrogen and oxygen atoms in total. The summed E-state index contributed by atoms with van der Waals surface area (Å²) in [5.41, 5.74) is 7.78. The second kappa shape index (κ2) is 12.1. The first kappa shape index (κ1) is 28.9. The third kappa shape index (κ3) is 6.81. The fraction of sp³-hybridized carbons (Fsp3) is 0.308. The van der Waals surface area contributed by atoms with Crippen LogP contribution in [0, 0.1) is 0 Å². The molecule has 0 spiro atoms. The molecule has 0 saturated carbocycles. The lowest BCUT2D eigenvalue weighted by Crippen LogP contribution is -2.35. The van der Waals surface area contributed by atoms with E-state index in [0.29, 0.717) is 60.0 Å². The zero-order valence-corrected chi connectivity index (χ0v) is 23.0. The molecule has 41 heavy (non-hydrogen) atoms. The highest BCUT2D eigenvalue weighted by atomic mass is 35.5. The van der Waals surface area contributed by atoms with Gasteiger partial charge in [-0.3, -0.25) is 9.69 Å². The summed E-state index contributed by atoms with van der Waals surface area (Å²) >= 11 is 12.5. The van der Waals surface area contributed by atoms with E-state index in [1.54, 1.807) is 28.9 Å². The third-order valence-corrected chi connectivity index (χ3v) is 6.90. The van der Waals surface area contributed by atoms with Gasteiger partial charge in [0.15, 0.2) is 5.82 Å². The van der Waals surface area contributed by atoms with Crippen LogP contribution in [-0.2, 0) is 11.3 Å². The second-order valence-corrected chi connectivity index (χ2v) is 10.1. The Morgan fingerprint density at radius 2 is 1.80 bits per heavy atom. The third-order valence-electron chi connectivity index (χ3n) is 6.35. The molecule has 15 heteroatoms. The van der Waals surface area contributed by atoms with Crippen LogP contribution in [-0.4, -0.2) is 75.8 Å². The molecule has 1 aliphatic rings. The topological polar surface area (TPSA) is 123 Å². The Morgan fingerprint density at radius 1 is 1.05 bits per heavy atom. The summed E-state index contributed by atoms with van der Waals surface area (Å²) in [7, 11) is 0. The monoisotopic (exact) mass is 608 g/mol. The molecule has 4 aromatic rings. The van der Waals surface area contributed by atoms with Gasteiger partial charge in [0.2, 0.25) is 0 Å². The van der Waals surface area contributed by atoms with E-state index in [2.05, 4.69) is 20.5 Å². The van der Waals surface area contributed by atoms with Crippen LogP contribution in [0.1, 0.15) is 16.1 Å². The number of carbonyl (C=O) groups excluding carboxylic acids is 1. The smallest absolute Gasteiger partial charge is 0.383 e. The molecule has 0 aliphatic carbocycles. The van der Waals surface area contributed by atoms with Gasteiger partial charge in [0, 0.05) is 43.3 Å². The number of nitrogens with two attached hydrogens (primary N) is 1. The van der Waals surface area contributed by atoms with Gasteiger partial charge < -0.3 is 21.1 Å². The van der Waals surface area contributed by atoms with E-state index in [4.69, 9.17) is 43.8 Å². The molecule has 1 aliphatic heterocycles. The number of hydrogen-bond acceptors (Lipinski definition) is 9. The van der Waals surface area contributed by atoms with E-state index in [1.165, 1.54) is 6.07 Å². The van der Waals surface area contributed by atoms with Crippen molar-refractivity contribution in [3.63, 3.8) is 0 Å². The molecule has 0 atom stereocenters. The summed E-state index contributed by atoms with van der Waals surface area (Å²) in [6.45, 7) is 4.31. The first-order valence-electron chi connectivity index (χ1n) is 12.6. The number of hydrogen-bond donors (Lipinski definition) is 3. The number of fused-ring (bicyclic) bond motifs is 1. The molecule has 0 unspecified atom stereocenters. The zero-order valence-electron chi connectivity index (χ0n) is 21.5. The molecule has 1 saturated heterocycles. The van der Waals surface area contributed by atoms with Gasteiger partial charge in [0.1, 0.15) is 17.2 Å². The van der Waals surface area contributed by atoms with E-state index in [1.807, 2.05) is 6.07 Å². The number of alkyl halides is 3. The van der Waals surface area contributed by atoms with Gasteiger partial charge in [0.05, 0.1) is 41.4 Å². The maximum absolute atomic E-state index is 12.7. The number of halogens is 5. The van der Waals surface area contributed by atoms with Crippen molar-refractivity contribution >= 4 is 52.0 Å². The van der Waals surface area contributed by atoms with Crippen molar-refractivity contribution in [1.29, 1.82) is 0 Å². The molecule has 0 amide bonds. The van der Waals surface area contributed by atoms with Crippen LogP contribution >= 0.6 is 23.2 Å². The number of anilines is 3. The van der Waals surface area contributed by atoms with E-state index < -0.39 is 23.3 Å². The normalized spacial score (nSPS) is 14.4. The lowest BCUT2D eigenvalue weighted by atomic mass is 10.1. The van der Waals surface area contributed by atoms with E-state index in [-0.39, 0.29) is 5.82 Å². The Balaban J connectivity index is 1.34. The number of nitrogens with one attached hydrogen (secondary N) is 2. The first-order chi connectivity index (χ1) is 19.6. The molecular formula is C26H25Cl2F3N8O2. The van der Waals surface area contributed by atoms with Crippen molar-refractivity contribution in [2.45, 2.75) is 12.7 Å². The molecule has 4 heterocycles. The van der Waals surface area contributed by atoms with Crippen molar-refractivity contribution in [2.75, 3.05) is 55.8 Å². The summed E-state index contributed by atoms with van der Waals surface area (Å²) < 4.78 is 45.4. The van der Waals surface area contributed by atoms with E-state index in [9.17, 15) is 18.0 Å². The number of ether oxygens (including phenoxy) is 1. The fourth-order valence-electron chi connectivity index (χ4n) is 4.36. The number of pyridine rings is 1. The van der Waals surface area contributed by atoms with Gasteiger partial charge in [-0.15, -0.1) is 0 Å².